The molecule has 5 heteroatoms. The summed E-state index contributed by atoms with van der Waals surface area (Å²) in [7, 11) is 1.51. The van der Waals surface area contributed by atoms with Gasteiger partial charge in [-0.25, -0.2) is 0 Å². The lowest BCUT2D eigenvalue weighted by molar-refractivity contribution is -0.145. The first kappa shape index (κ1) is 21.4. The zero-order chi connectivity index (χ0) is 21.6. The Bertz CT molecular complexity index is 776. The van der Waals surface area contributed by atoms with Gasteiger partial charge >= 0.3 is 0 Å². The average molecular weight is 398 g/mol. The second-order valence-electron chi connectivity index (χ2n) is 10.1. The molecule has 1 aromatic carbocycles. The van der Waals surface area contributed by atoms with Crippen LogP contribution in [-0.4, -0.2) is 30.2 Å². The van der Waals surface area contributed by atoms with E-state index in [9.17, 15) is 19.2 Å². The van der Waals surface area contributed by atoms with E-state index < -0.39 is 28.6 Å². The topological polar surface area (TPSA) is 77.5 Å². The van der Waals surface area contributed by atoms with Gasteiger partial charge in [0.25, 0.3) is 0 Å². The maximum Gasteiger partial charge on any atom is 0.144 e. The Hall–Kier alpha value is -2.30. The van der Waals surface area contributed by atoms with Crippen molar-refractivity contribution in [2.24, 2.45) is 22.7 Å². The number of ketones is 4. The molecule has 0 aromatic heterocycles. The summed E-state index contributed by atoms with van der Waals surface area (Å²) in [5.41, 5.74) is -0.218. The molecule has 0 N–H and O–H groups in total. The van der Waals surface area contributed by atoms with Gasteiger partial charge in [0.15, 0.2) is 0 Å². The van der Waals surface area contributed by atoms with Crippen molar-refractivity contribution in [1.29, 1.82) is 0 Å². The van der Waals surface area contributed by atoms with Crippen molar-refractivity contribution < 1.29 is 23.9 Å². The molecule has 0 radical (unpaired) electrons. The van der Waals surface area contributed by atoms with Gasteiger partial charge in [0.1, 0.15) is 28.9 Å². The van der Waals surface area contributed by atoms with Crippen LogP contribution in [0.3, 0.4) is 0 Å². The Morgan fingerprint density at radius 1 is 0.759 bits per heavy atom. The van der Waals surface area contributed by atoms with Gasteiger partial charge in [0, 0.05) is 31.6 Å². The van der Waals surface area contributed by atoms with Crippen LogP contribution in [0.5, 0.6) is 5.75 Å². The predicted molar refractivity (Wildman–Crippen MR) is 109 cm³/mol. The van der Waals surface area contributed by atoms with Gasteiger partial charge in [-0.1, -0.05) is 45.9 Å². The minimum atomic E-state index is -0.988. The van der Waals surface area contributed by atoms with E-state index in [-0.39, 0.29) is 48.8 Å². The molecule has 0 unspecified atom stereocenters. The van der Waals surface area contributed by atoms with Crippen molar-refractivity contribution in [3.8, 4) is 5.75 Å². The summed E-state index contributed by atoms with van der Waals surface area (Å²) in [6, 6.07) is 7.09. The molecule has 3 rings (SSSR count). The Labute approximate surface area is 172 Å². The molecular formula is C24H30O5. The summed E-state index contributed by atoms with van der Waals surface area (Å²) in [6.07, 6.45) is 1.04. The molecule has 0 bridgehead atoms. The van der Waals surface area contributed by atoms with Crippen LogP contribution in [0.1, 0.15) is 64.9 Å². The molecule has 0 saturated heterocycles. The molecule has 29 heavy (non-hydrogen) atoms. The van der Waals surface area contributed by atoms with Crippen LogP contribution in [0.15, 0.2) is 24.3 Å². The quantitative estimate of drug-likeness (QED) is 0.718. The third-order valence-electron chi connectivity index (χ3n) is 6.21. The van der Waals surface area contributed by atoms with Crippen molar-refractivity contribution in [2.45, 2.75) is 59.3 Å². The van der Waals surface area contributed by atoms with Crippen molar-refractivity contribution in [1.82, 2.24) is 0 Å². The zero-order valence-corrected chi connectivity index (χ0v) is 17.9. The van der Waals surface area contributed by atoms with Gasteiger partial charge in [-0.2, -0.15) is 0 Å². The largest absolute Gasteiger partial charge is 0.496 e. The van der Waals surface area contributed by atoms with Crippen LogP contribution in [-0.2, 0) is 19.2 Å². The Morgan fingerprint density at radius 2 is 1.14 bits per heavy atom. The highest BCUT2D eigenvalue weighted by molar-refractivity contribution is 6.11. The Balaban J connectivity index is 2.13. The van der Waals surface area contributed by atoms with Gasteiger partial charge in [0.05, 0.1) is 18.9 Å². The van der Waals surface area contributed by atoms with E-state index in [4.69, 9.17) is 4.74 Å². The lowest BCUT2D eigenvalue weighted by atomic mass is 9.59. The monoisotopic (exact) mass is 398 g/mol. The third kappa shape index (κ3) is 4.19. The lowest BCUT2D eigenvalue weighted by Crippen LogP contribution is -2.48. The first-order chi connectivity index (χ1) is 13.5. The fourth-order valence-electron chi connectivity index (χ4n) is 5.11. The second kappa shape index (κ2) is 7.51. The maximum atomic E-state index is 13.1. The smallest absolute Gasteiger partial charge is 0.144 e. The summed E-state index contributed by atoms with van der Waals surface area (Å²) in [6.45, 7) is 7.60. The van der Waals surface area contributed by atoms with Crippen LogP contribution in [0.25, 0.3) is 0 Å². The summed E-state index contributed by atoms with van der Waals surface area (Å²) in [4.78, 5) is 52.5. The number of carbonyl (C=O) groups excluding carboxylic acids is 4. The van der Waals surface area contributed by atoms with Crippen molar-refractivity contribution in [3.63, 3.8) is 0 Å². The molecule has 5 nitrogen and oxygen atoms in total. The van der Waals surface area contributed by atoms with Gasteiger partial charge in [-0.05, 0) is 22.5 Å². The molecule has 2 aliphatic carbocycles. The number of benzene rings is 1. The minimum Gasteiger partial charge on any atom is -0.496 e. The number of para-hydroxylation sites is 1. The van der Waals surface area contributed by atoms with Gasteiger partial charge in [-0.15, -0.1) is 0 Å². The third-order valence-corrected chi connectivity index (χ3v) is 6.21. The van der Waals surface area contributed by atoms with E-state index in [1.807, 2.05) is 27.7 Å². The second-order valence-corrected chi connectivity index (χ2v) is 10.1. The first-order valence-electron chi connectivity index (χ1n) is 10.2. The number of Topliss-reactive ketones (excluding diaryl/α,β-unsaturated/α-hetero) is 4. The fraction of sp³-hybridized carbons (Fsp3) is 0.583. The first-order valence-corrected chi connectivity index (χ1v) is 10.2. The van der Waals surface area contributed by atoms with Crippen molar-refractivity contribution in [3.05, 3.63) is 29.8 Å². The normalized spacial score (nSPS) is 23.0. The molecule has 2 saturated carbocycles. The summed E-state index contributed by atoms with van der Waals surface area (Å²) in [5.74, 6) is -3.04. The maximum absolute atomic E-state index is 13.1. The van der Waals surface area contributed by atoms with E-state index >= 15 is 0 Å². The molecule has 156 valence electrons. The SMILES string of the molecule is COc1ccccc1C(C1C(=O)CC(C)(C)CC1=O)C1C(=O)CC(C)(C)CC1=O. The van der Waals surface area contributed by atoms with Crippen LogP contribution >= 0.6 is 0 Å². The lowest BCUT2D eigenvalue weighted by Gasteiger charge is -2.41. The van der Waals surface area contributed by atoms with Crippen LogP contribution < -0.4 is 4.74 Å². The average Bonchev–Trinajstić information content (AvgIpc) is 2.57. The van der Waals surface area contributed by atoms with Gasteiger partial charge < -0.3 is 4.74 Å². The van der Waals surface area contributed by atoms with Gasteiger partial charge in [-0.3, -0.25) is 19.2 Å². The van der Waals surface area contributed by atoms with Crippen LogP contribution in [0, 0.1) is 22.7 Å². The van der Waals surface area contributed by atoms with E-state index in [2.05, 4.69) is 0 Å². The summed E-state index contributed by atoms with van der Waals surface area (Å²) in [5, 5.41) is 0. The Kier molecular flexibility index (Phi) is 5.54. The summed E-state index contributed by atoms with van der Waals surface area (Å²) < 4.78 is 5.49. The number of hydrogen-bond acceptors (Lipinski definition) is 5. The van der Waals surface area contributed by atoms with Crippen LogP contribution in [0.4, 0.5) is 0 Å². The number of methoxy groups -OCH3 is 1. The van der Waals surface area contributed by atoms with Crippen molar-refractivity contribution in [2.75, 3.05) is 7.11 Å². The molecule has 0 amide bonds. The number of rotatable bonds is 4. The highest BCUT2D eigenvalue weighted by Gasteiger charge is 2.52. The molecular weight excluding hydrogens is 368 g/mol. The Morgan fingerprint density at radius 3 is 1.52 bits per heavy atom. The molecule has 2 fully saturated rings. The number of hydrogen-bond donors (Lipinski definition) is 0. The molecule has 1 aromatic rings. The zero-order valence-electron chi connectivity index (χ0n) is 17.9. The standard InChI is InChI=1S/C24H30O5/c1-23(2)10-15(25)21(16(26)11-23)20(14-8-6-7-9-19(14)29-5)22-17(27)12-24(3,4)13-18(22)28/h6-9,20-22H,10-13H2,1-5H3. The van der Waals surface area contributed by atoms with E-state index in [1.165, 1.54) is 7.11 Å². The van der Waals surface area contributed by atoms with Crippen LogP contribution in [0.2, 0.25) is 0 Å². The molecule has 0 aliphatic heterocycles. The highest BCUT2D eigenvalue weighted by Crippen LogP contribution is 2.48. The highest BCUT2D eigenvalue weighted by atomic mass is 16.5. The number of ether oxygens (including phenoxy) is 1. The molecule has 0 atom stereocenters. The van der Waals surface area contributed by atoms with E-state index in [0.717, 1.165) is 0 Å². The molecule has 0 spiro atoms. The van der Waals surface area contributed by atoms with Crippen molar-refractivity contribution >= 4 is 23.1 Å². The van der Waals surface area contributed by atoms with E-state index in [1.54, 1.807) is 24.3 Å². The molecule has 2 aliphatic rings. The fourth-order valence-corrected chi connectivity index (χ4v) is 5.11. The van der Waals surface area contributed by atoms with Gasteiger partial charge in [0.2, 0.25) is 0 Å². The summed E-state index contributed by atoms with van der Waals surface area (Å²) >= 11 is 0. The number of carbonyl (C=O) groups is 4. The molecule has 0 heterocycles. The van der Waals surface area contributed by atoms with E-state index in [0.29, 0.717) is 11.3 Å². The minimum absolute atomic E-state index is 0.187. The predicted octanol–water partition coefficient (Wildman–Crippen LogP) is 3.93.